The predicted octanol–water partition coefficient (Wildman–Crippen LogP) is 3.96. The first-order valence-corrected chi connectivity index (χ1v) is 12.3. The third kappa shape index (κ3) is 7.33. The minimum atomic E-state index is -0.969. The van der Waals surface area contributed by atoms with Crippen LogP contribution in [0.1, 0.15) is 29.5 Å². The van der Waals surface area contributed by atoms with Gasteiger partial charge in [-0.3, -0.25) is 9.69 Å². The van der Waals surface area contributed by atoms with Gasteiger partial charge < -0.3 is 19.9 Å². The Morgan fingerprint density at radius 1 is 0.838 bits per heavy atom. The fourth-order valence-corrected chi connectivity index (χ4v) is 4.22. The summed E-state index contributed by atoms with van der Waals surface area (Å²) >= 11 is 0. The molecule has 0 aliphatic carbocycles. The van der Waals surface area contributed by atoms with Gasteiger partial charge in [0.1, 0.15) is 31.0 Å². The van der Waals surface area contributed by atoms with Crippen LogP contribution < -0.4 is 5.32 Å². The van der Waals surface area contributed by atoms with Gasteiger partial charge in [-0.1, -0.05) is 72.8 Å². The zero-order valence-electron chi connectivity index (χ0n) is 20.4. The van der Waals surface area contributed by atoms with Crippen LogP contribution in [0, 0.1) is 0 Å². The van der Waals surface area contributed by atoms with Gasteiger partial charge in [-0.15, -0.1) is 0 Å². The number of nitrogens with one attached hydrogen (secondary N) is 1. The summed E-state index contributed by atoms with van der Waals surface area (Å²) in [5.74, 6) is -0.914. The molecule has 1 aliphatic heterocycles. The van der Waals surface area contributed by atoms with E-state index in [1.54, 1.807) is 12.1 Å². The summed E-state index contributed by atoms with van der Waals surface area (Å²) in [5.41, 5.74) is 2.42. The first-order chi connectivity index (χ1) is 18.0. The van der Waals surface area contributed by atoms with E-state index in [1.165, 1.54) is 17.0 Å². The van der Waals surface area contributed by atoms with Gasteiger partial charge in [0.25, 0.3) is 0 Å². The number of esters is 1. The minimum Gasteiger partial charge on any atom is -0.508 e. The molecule has 0 bridgehead atoms. The van der Waals surface area contributed by atoms with Crippen LogP contribution in [0.3, 0.4) is 0 Å². The molecule has 0 aromatic heterocycles. The number of carbonyl (C=O) groups is 3. The Bertz CT molecular complexity index is 1180. The second-order valence-electron chi connectivity index (χ2n) is 8.92. The summed E-state index contributed by atoms with van der Waals surface area (Å²) in [6.45, 7) is 0.579. The Morgan fingerprint density at radius 3 is 2.05 bits per heavy atom. The van der Waals surface area contributed by atoms with Gasteiger partial charge in [-0.05, 0) is 41.7 Å². The van der Waals surface area contributed by atoms with Crippen molar-refractivity contribution in [2.75, 3.05) is 6.54 Å². The largest absolute Gasteiger partial charge is 0.508 e. The quantitative estimate of drug-likeness (QED) is 0.429. The fourth-order valence-electron chi connectivity index (χ4n) is 4.22. The standard InChI is InChI=1S/C29H30N2O6/c32-24-15-13-21(14-16-24)18-25(28(34)36-19-22-8-3-1-4-9-22)30-27(33)26-12-7-17-31(26)29(35)37-20-23-10-5-2-6-11-23/h1-6,8-11,13-16,25-26,32H,7,12,17-20H2,(H,30,33)/t25-,26-/m1/s1. The Balaban J connectivity index is 1.41. The van der Waals surface area contributed by atoms with Crippen molar-refractivity contribution in [1.29, 1.82) is 0 Å². The lowest BCUT2D eigenvalue weighted by atomic mass is 10.0. The molecule has 8 heteroatoms. The third-order valence-corrected chi connectivity index (χ3v) is 6.20. The number of phenols is 1. The maximum Gasteiger partial charge on any atom is 0.410 e. The molecule has 0 spiro atoms. The highest BCUT2D eigenvalue weighted by Crippen LogP contribution is 2.20. The van der Waals surface area contributed by atoms with E-state index in [0.29, 0.717) is 19.4 Å². The summed E-state index contributed by atoms with van der Waals surface area (Å²) < 4.78 is 10.9. The molecule has 0 unspecified atom stereocenters. The summed E-state index contributed by atoms with van der Waals surface area (Å²) in [4.78, 5) is 40.4. The van der Waals surface area contributed by atoms with Crippen LogP contribution in [0.25, 0.3) is 0 Å². The molecular formula is C29H30N2O6. The van der Waals surface area contributed by atoms with Crippen molar-refractivity contribution in [1.82, 2.24) is 10.2 Å². The Labute approximate surface area is 215 Å². The number of hydrogen-bond donors (Lipinski definition) is 2. The SMILES string of the molecule is O=C(N[C@H](Cc1ccc(O)cc1)C(=O)OCc1ccccc1)[C@H]1CCCN1C(=O)OCc1ccccc1. The number of amides is 2. The van der Waals surface area contributed by atoms with Gasteiger partial charge >= 0.3 is 12.1 Å². The van der Waals surface area contributed by atoms with E-state index in [9.17, 15) is 19.5 Å². The number of phenolic OH excluding ortho intramolecular Hbond substituents is 1. The lowest BCUT2D eigenvalue weighted by Crippen LogP contribution is -2.52. The lowest BCUT2D eigenvalue weighted by molar-refractivity contribution is -0.149. The highest BCUT2D eigenvalue weighted by atomic mass is 16.6. The highest BCUT2D eigenvalue weighted by molar-refractivity contribution is 5.90. The molecule has 1 fully saturated rings. The first-order valence-electron chi connectivity index (χ1n) is 12.3. The van der Waals surface area contributed by atoms with Crippen LogP contribution in [0.2, 0.25) is 0 Å². The third-order valence-electron chi connectivity index (χ3n) is 6.20. The summed E-state index contributed by atoms with van der Waals surface area (Å²) in [7, 11) is 0. The Morgan fingerprint density at radius 2 is 1.43 bits per heavy atom. The molecule has 4 rings (SSSR count). The van der Waals surface area contributed by atoms with Crippen LogP contribution >= 0.6 is 0 Å². The molecule has 3 aromatic rings. The minimum absolute atomic E-state index is 0.0724. The molecule has 8 nitrogen and oxygen atoms in total. The fraction of sp³-hybridized carbons (Fsp3) is 0.276. The van der Waals surface area contributed by atoms with Crippen molar-refractivity contribution in [2.24, 2.45) is 0 Å². The number of ether oxygens (including phenoxy) is 2. The van der Waals surface area contributed by atoms with E-state index in [0.717, 1.165) is 16.7 Å². The van der Waals surface area contributed by atoms with Crippen molar-refractivity contribution in [3.05, 3.63) is 102 Å². The first kappa shape index (κ1) is 25.8. The van der Waals surface area contributed by atoms with Crippen molar-refractivity contribution >= 4 is 18.0 Å². The predicted molar refractivity (Wildman–Crippen MR) is 136 cm³/mol. The maximum atomic E-state index is 13.3. The van der Waals surface area contributed by atoms with Crippen LogP contribution in [-0.2, 0) is 38.7 Å². The zero-order chi connectivity index (χ0) is 26.0. The molecular weight excluding hydrogens is 472 g/mol. The number of benzene rings is 3. The smallest absolute Gasteiger partial charge is 0.410 e. The van der Waals surface area contributed by atoms with Crippen molar-refractivity contribution in [3.63, 3.8) is 0 Å². The van der Waals surface area contributed by atoms with E-state index in [4.69, 9.17) is 9.47 Å². The van der Waals surface area contributed by atoms with Crippen molar-refractivity contribution in [2.45, 2.75) is 44.6 Å². The Hall–Kier alpha value is -4.33. The van der Waals surface area contributed by atoms with Crippen LogP contribution in [0.4, 0.5) is 4.79 Å². The average Bonchev–Trinajstić information content (AvgIpc) is 3.43. The molecule has 1 aliphatic rings. The number of aromatic hydroxyl groups is 1. The van der Waals surface area contributed by atoms with E-state index >= 15 is 0 Å². The molecule has 0 radical (unpaired) electrons. The summed E-state index contributed by atoms with van der Waals surface area (Å²) in [6, 6.07) is 23.3. The second-order valence-corrected chi connectivity index (χ2v) is 8.92. The molecule has 2 N–H and O–H groups in total. The summed E-state index contributed by atoms with van der Waals surface area (Å²) in [6.07, 6.45) is 0.727. The number of nitrogens with zero attached hydrogens (tertiary/aromatic N) is 1. The number of hydrogen-bond acceptors (Lipinski definition) is 6. The molecule has 1 saturated heterocycles. The number of carbonyl (C=O) groups excluding carboxylic acids is 3. The zero-order valence-corrected chi connectivity index (χ0v) is 20.4. The molecule has 192 valence electrons. The molecule has 37 heavy (non-hydrogen) atoms. The van der Waals surface area contributed by atoms with Crippen molar-refractivity contribution < 1.29 is 29.0 Å². The van der Waals surface area contributed by atoms with Gasteiger partial charge in [0.2, 0.25) is 5.91 Å². The van der Waals surface area contributed by atoms with Gasteiger partial charge in [0, 0.05) is 13.0 Å². The van der Waals surface area contributed by atoms with Crippen molar-refractivity contribution in [3.8, 4) is 5.75 Å². The second kappa shape index (κ2) is 12.6. The van der Waals surface area contributed by atoms with Gasteiger partial charge in [0.15, 0.2) is 0 Å². The molecule has 3 aromatic carbocycles. The van der Waals surface area contributed by atoms with E-state index in [1.807, 2.05) is 60.7 Å². The average molecular weight is 503 g/mol. The van der Waals surface area contributed by atoms with Crippen LogP contribution in [0.15, 0.2) is 84.9 Å². The summed E-state index contributed by atoms with van der Waals surface area (Å²) in [5, 5.41) is 12.4. The van der Waals surface area contributed by atoms with Crippen LogP contribution in [0.5, 0.6) is 5.75 Å². The monoisotopic (exact) mass is 502 g/mol. The highest BCUT2D eigenvalue weighted by Gasteiger charge is 2.37. The van der Waals surface area contributed by atoms with Gasteiger partial charge in [-0.25, -0.2) is 9.59 Å². The Kier molecular flexibility index (Phi) is 8.75. The number of likely N-dealkylation sites (tertiary alicyclic amines) is 1. The van der Waals surface area contributed by atoms with Gasteiger partial charge in [0.05, 0.1) is 0 Å². The number of rotatable bonds is 9. The maximum absolute atomic E-state index is 13.3. The normalized spacial score (nSPS) is 15.6. The van der Waals surface area contributed by atoms with Crippen LogP contribution in [-0.4, -0.2) is 46.6 Å². The topological polar surface area (TPSA) is 105 Å². The molecule has 0 saturated carbocycles. The molecule has 1 heterocycles. The molecule has 2 amide bonds. The lowest BCUT2D eigenvalue weighted by Gasteiger charge is -2.25. The molecule has 2 atom stereocenters. The van der Waals surface area contributed by atoms with E-state index in [-0.39, 0.29) is 25.4 Å². The van der Waals surface area contributed by atoms with E-state index < -0.39 is 30.1 Å². The van der Waals surface area contributed by atoms with E-state index in [2.05, 4.69) is 5.32 Å². The van der Waals surface area contributed by atoms with Gasteiger partial charge in [-0.2, -0.15) is 0 Å².